The van der Waals surface area contributed by atoms with Gasteiger partial charge in [-0.05, 0) is 88.3 Å². The van der Waals surface area contributed by atoms with Gasteiger partial charge in [0.1, 0.15) is 5.82 Å². The van der Waals surface area contributed by atoms with Crippen molar-refractivity contribution in [1.29, 1.82) is 0 Å². The van der Waals surface area contributed by atoms with Crippen molar-refractivity contribution in [3.05, 3.63) is 30.1 Å². The molecule has 200 valence electrons. The Kier molecular flexibility index (Phi) is 6.52. The first-order valence-electron chi connectivity index (χ1n) is 15.3. The molecule has 2 aliphatic carbocycles. The van der Waals surface area contributed by atoms with E-state index >= 15 is 0 Å². The lowest BCUT2D eigenvalue weighted by Crippen LogP contribution is -2.58. The van der Waals surface area contributed by atoms with E-state index in [0.29, 0.717) is 18.1 Å². The fraction of sp³-hybridized carbons (Fsp3) is 0.742. The maximum atomic E-state index is 11.6. The highest BCUT2D eigenvalue weighted by Gasteiger charge is 2.46. The summed E-state index contributed by atoms with van der Waals surface area (Å²) in [4.78, 5) is 22.0. The number of imidazole rings is 1. The minimum Gasteiger partial charge on any atom is -0.480 e. The molecule has 2 saturated carbocycles. The second-order valence-corrected chi connectivity index (χ2v) is 13.0. The number of likely N-dealkylation sites (tertiary alicyclic amines) is 1. The third-order valence-electron chi connectivity index (χ3n) is 10.8. The summed E-state index contributed by atoms with van der Waals surface area (Å²) in [6.07, 6.45) is 18.8. The number of benzene rings is 1. The van der Waals surface area contributed by atoms with Crippen LogP contribution in [0.1, 0.15) is 108 Å². The Bertz CT molecular complexity index is 1100. The van der Waals surface area contributed by atoms with Crippen LogP contribution in [0.4, 0.5) is 0 Å². The SMILES string of the molecule is O=C(O)CN1CCC[C@H]1c1nc2ccccc2n1[C@@H]1C[C@H]2CCC[C@@H](C1)N2[C@@H]1C[C@@H]2CCCC[C@@H](C2)C1. The number of aliphatic carboxylic acids is 1. The normalized spacial score (nSPS) is 37.0. The molecule has 0 spiro atoms. The molecule has 3 aliphatic heterocycles. The highest BCUT2D eigenvalue weighted by atomic mass is 16.4. The summed E-state index contributed by atoms with van der Waals surface area (Å²) >= 11 is 0. The molecule has 5 fully saturated rings. The molecule has 0 unspecified atom stereocenters. The van der Waals surface area contributed by atoms with Crippen molar-refractivity contribution in [3.8, 4) is 0 Å². The molecule has 1 aromatic heterocycles. The van der Waals surface area contributed by atoms with Crippen LogP contribution in [0.25, 0.3) is 11.0 Å². The van der Waals surface area contributed by atoms with Gasteiger partial charge in [-0.15, -0.1) is 0 Å². The number of para-hydroxylation sites is 2. The van der Waals surface area contributed by atoms with Gasteiger partial charge in [0.2, 0.25) is 0 Å². The molecule has 0 radical (unpaired) electrons. The Morgan fingerprint density at radius 3 is 2.27 bits per heavy atom. The maximum Gasteiger partial charge on any atom is 0.317 e. The Morgan fingerprint density at radius 1 is 0.811 bits per heavy atom. The number of piperidine rings is 2. The average molecular weight is 505 g/mol. The van der Waals surface area contributed by atoms with Gasteiger partial charge >= 0.3 is 5.97 Å². The quantitative estimate of drug-likeness (QED) is 0.527. The molecule has 37 heavy (non-hydrogen) atoms. The van der Waals surface area contributed by atoms with Crippen LogP contribution in [0.2, 0.25) is 0 Å². The van der Waals surface area contributed by atoms with E-state index in [9.17, 15) is 9.90 Å². The predicted molar refractivity (Wildman–Crippen MR) is 146 cm³/mol. The summed E-state index contributed by atoms with van der Waals surface area (Å²) in [5.41, 5.74) is 2.32. The Balaban J connectivity index is 1.20. The molecule has 1 N–H and O–H groups in total. The molecule has 4 heterocycles. The minimum absolute atomic E-state index is 0.113. The number of rotatable bonds is 5. The Morgan fingerprint density at radius 2 is 1.54 bits per heavy atom. The first-order chi connectivity index (χ1) is 18.1. The second-order valence-electron chi connectivity index (χ2n) is 13.0. The van der Waals surface area contributed by atoms with Crippen molar-refractivity contribution in [2.45, 2.75) is 120 Å². The highest BCUT2D eigenvalue weighted by molar-refractivity contribution is 5.76. The van der Waals surface area contributed by atoms with Gasteiger partial charge in [-0.2, -0.15) is 0 Å². The molecule has 7 rings (SSSR count). The minimum atomic E-state index is -0.731. The predicted octanol–water partition coefficient (Wildman–Crippen LogP) is 6.17. The lowest BCUT2D eigenvalue weighted by molar-refractivity contribution is -0.138. The Labute approximate surface area is 221 Å². The van der Waals surface area contributed by atoms with Gasteiger partial charge < -0.3 is 9.67 Å². The van der Waals surface area contributed by atoms with Crippen LogP contribution in [-0.2, 0) is 4.79 Å². The van der Waals surface area contributed by atoms with Gasteiger partial charge in [0.15, 0.2) is 0 Å². The fourth-order valence-corrected chi connectivity index (χ4v) is 9.47. The molecule has 2 aromatic rings. The van der Waals surface area contributed by atoms with Gasteiger partial charge in [0.05, 0.1) is 23.6 Å². The molecule has 5 aliphatic rings. The third kappa shape index (κ3) is 4.52. The number of nitrogens with zero attached hydrogens (tertiary/aromatic N) is 4. The first-order valence-corrected chi connectivity index (χ1v) is 15.3. The summed E-state index contributed by atoms with van der Waals surface area (Å²) in [5, 5.41) is 9.56. The summed E-state index contributed by atoms with van der Waals surface area (Å²) in [7, 11) is 0. The van der Waals surface area contributed by atoms with E-state index < -0.39 is 5.97 Å². The van der Waals surface area contributed by atoms with Gasteiger partial charge in [-0.25, -0.2) is 4.98 Å². The Hall–Kier alpha value is -1.92. The zero-order chi connectivity index (χ0) is 24.9. The van der Waals surface area contributed by atoms with Gasteiger partial charge in [-0.1, -0.05) is 44.2 Å². The van der Waals surface area contributed by atoms with E-state index in [0.717, 1.165) is 48.6 Å². The van der Waals surface area contributed by atoms with Crippen molar-refractivity contribution in [2.75, 3.05) is 13.1 Å². The highest BCUT2D eigenvalue weighted by Crippen LogP contribution is 2.48. The number of hydrogen-bond acceptors (Lipinski definition) is 4. The molecule has 0 amide bonds. The maximum absolute atomic E-state index is 11.6. The zero-order valence-electron chi connectivity index (χ0n) is 22.3. The van der Waals surface area contributed by atoms with Crippen LogP contribution in [0.5, 0.6) is 0 Å². The first kappa shape index (κ1) is 24.1. The number of carboxylic acids is 1. The van der Waals surface area contributed by atoms with E-state index in [4.69, 9.17) is 4.98 Å². The van der Waals surface area contributed by atoms with Gasteiger partial charge in [-0.3, -0.25) is 14.6 Å². The third-order valence-corrected chi connectivity index (χ3v) is 10.8. The molecular weight excluding hydrogens is 460 g/mol. The van der Waals surface area contributed by atoms with Crippen molar-refractivity contribution < 1.29 is 9.90 Å². The molecule has 3 saturated heterocycles. The van der Waals surface area contributed by atoms with E-state index in [2.05, 4.69) is 38.6 Å². The van der Waals surface area contributed by atoms with Crippen LogP contribution in [0.15, 0.2) is 24.3 Å². The van der Waals surface area contributed by atoms with Crippen molar-refractivity contribution in [2.24, 2.45) is 11.8 Å². The second kappa shape index (κ2) is 10.00. The number of carboxylic acid groups (broad SMARTS) is 1. The van der Waals surface area contributed by atoms with Gasteiger partial charge in [0.25, 0.3) is 0 Å². The molecule has 1 aromatic carbocycles. The summed E-state index contributed by atoms with van der Waals surface area (Å²) < 4.78 is 2.59. The standard InChI is InChI=1S/C31H44N4O2/c36-30(37)20-33-14-6-13-29(33)31-32-27-11-3-4-12-28(27)35(31)26-18-23-9-5-10-24(19-26)34(23)25-16-21-7-1-2-8-22(15-21)17-25/h3-4,11-12,21-26,29H,1-2,5-10,13-20H2,(H,36,37)/t21-,22+,23-,24+,25-,26-,29-/m0/s1. The summed E-state index contributed by atoms with van der Waals surface area (Å²) in [6.45, 7) is 0.968. The van der Waals surface area contributed by atoms with E-state index in [-0.39, 0.29) is 12.6 Å². The van der Waals surface area contributed by atoms with Crippen LogP contribution in [0, 0.1) is 11.8 Å². The summed E-state index contributed by atoms with van der Waals surface area (Å²) in [6, 6.07) is 11.4. The topological polar surface area (TPSA) is 61.6 Å². The summed E-state index contributed by atoms with van der Waals surface area (Å²) in [5.74, 6) is 2.33. The monoisotopic (exact) mass is 504 g/mol. The van der Waals surface area contributed by atoms with E-state index in [1.54, 1.807) is 0 Å². The number of hydrogen-bond donors (Lipinski definition) is 1. The van der Waals surface area contributed by atoms with Crippen LogP contribution in [0.3, 0.4) is 0 Å². The smallest absolute Gasteiger partial charge is 0.317 e. The van der Waals surface area contributed by atoms with Gasteiger partial charge in [0, 0.05) is 24.2 Å². The average Bonchev–Trinajstić information content (AvgIpc) is 3.45. The van der Waals surface area contributed by atoms with E-state index in [1.165, 1.54) is 82.6 Å². The number of fused-ring (bicyclic) bond motifs is 5. The van der Waals surface area contributed by atoms with Crippen LogP contribution in [-0.4, -0.2) is 61.6 Å². The van der Waals surface area contributed by atoms with Crippen LogP contribution >= 0.6 is 0 Å². The van der Waals surface area contributed by atoms with Crippen molar-refractivity contribution in [1.82, 2.24) is 19.4 Å². The largest absolute Gasteiger partial charge is 0.480 e. The molecule has 7 atom stereocenters. The molecule has 6 heteroatoms. The lowest BCUT2D eigenvalue weighted by Gasteiger charge is -2.55. The van der Waals surface area contributed by atoms with Crippen LogP contribution < -0.4 is 0 Å². The molecule has 6 nitrogen and oxygen atoms in total. The van der Waals surface area contributed by atoms with E-state index in [1.807, 2.05) is 0 Å². The zero-order valence-corrected chi connectivity index (χ0v) is 22.3. The lowest BCUT2D eigenvalue weighted by atomic mass is 9.73. The molecular formula is C31H44N4O2. The number of carbonyl (C=O) groups is 1. The molecule has 4 bridgehead atoms. The number of aromatic nitrogens is 2. The fourth-order valence-electron chi connectivity index (χ4n) is 9.47. The van der Waals surface area contributed by atoms with Crippen molar-refractivity contribution in [3.63, 3.8) is 0 Å². The van der Waals surface area contributed by atoms with Crippen molar-refractivity contribution >= 4 is 17.0 Å².